The van der Waals surface area contributed by atoms with Crippen molar-refractivity contribution in [3.8, 4) is 11.3 Å². The van der Waals surface area contributed by atoms with Gasteiger partial charge in [-0.15, -0.1) is 0 Å². The number of hydrogen-bond acceptors (Lipinski definition) is 6. The Kier molecular flexibility index (Phi) is 8.88. The van der Waals surface area contributed by atoms with Crippen LogP contribution >= 0.6 is 0 Å². The Bertz CT molecular complexity index is 1210. The van der Waals surface area contributed by atoms with Crippen LogP contribution in [0.1, 0.15) is 66.9 Å². The van der Waals surface area contributed by atoms with Crippen molar-refractivity contribution >= 4 is 17.6 Å². The molecule has 2 heterocycles. The summed E-state index contributed by atoms with van der Waals surface area (Å²) < 4.78 is 5.13. The molecule has 4 rings (SSSR count). The number of aromatic nitrogens is 2. The van der Waals surface area contributed by atoms with Crippen molar-refractivity contribution in [1.82, 2.24) is 15.3 Å². The van der Waals surface area contributed by atoms with Crippen LogP contribution in [0.5, 0.6) is 0 Å². The van der Waals surface area contributed by atoms with Gasteiger partial charge in [-0.1, -0.05) is 50.6 Å². The monoisotopic (exact) mass is 500 g/mol. The molecule has 7 nitrogen and oxygen atoms in total. The van der Waals surface area contributed by atoms with Crippen molar-refractivity contribution in [3.63, 3.8) is 0 Å². The number of nitrogens with one attached hydrogen (secondary N) is 1. The van der Waals surface area contributed by atoms with Gasteiger partial charge in [-0.05, 0) is 49.4 Å². The van der Waals surface area contributed by atoms with E-state index in [1.807, 2.05) is 30.3 Å². The molecule has 0 spiro atoms. The molecule has 0 radical (unpaired) electrons. The fraction of sp³-hybridized carbons (Fsp3) is 0.400. The van der Waals surface area contributed by atoms with Gasteiger partial charge in [0.25, 0.3) is 5.91 Å². The summed E-state index contributed by atoms with van der Waals surface area (Å²) in [6, 6.07) is 16.0. The van der Waals surface area contributed by atoms with Crippen LogP contribution in [0.25, 0.3) is 11.3 Å². The number of carbonyl (C=O) groups is 2. The minimum absolute atomic E-state index is 0.0249. The summed E-state index contributed by atoms with van der Waals surface area (Å²) in [6.07, 6.45) is 7.44. The van der Waals surface area contributed by atoms with Crippen LogP contribution < -0.4 is 10.2 Å². The second kappa shape index (κ2) is 12.5. The third-order valence-corrected chi connectivity index (χ3v) is 7.11. The van der Waals surface area contributed by atoms with E-state index in [-0.39, 0.29) is 17.9 Å². The van der Waals surface area contributed by atoms with Crippen LogP contribution in [0.15, 0.2) is 61.1 Å². The van der Waals surface area contributed by atoms with E-state index in [0.717, 1.165) is 61.3 Å². The second-order valence-corrected chi connectivity index (χ2v) is 9.50. The van der Waals surface area contributed by atoms with Crippen molar-refractivity contribution in [2.45, 2.75) is 57.9 Å². The molecule has 1 aliphatic rings. The highest BCUT2D eigenvalue weighted by Crippen LogP contribution is 2.37. The number of esters is 1. The largest absolute Gasteiger partial charge is 0.469 e. The van der Waals surface area contributed by atoms with E-state index in [1.165, 1.54) is 12.7 Å². The summed E-state index contributed by atoms with van der Waals surface area (Å²) in [5.41, 5.74) is 5.60. The van der Waals surface area contributed by atoms with Gasteiger partial charge in [0.05, 0.1) is 18.7 Å². The first-order valence-electron chi connectivity index (χ1n) is 13.2. The number of rotatable bonds is 9. The Morgan fingerprint density at radius 3 is 2.54 bits per heavy atom. The molecule has 7 heteroatoms. The minimum Gasteiger partial charge on any atom is -0.469 e. The fourth-order valence-corrected chi connectivity index (χ4v) is 5.03. The van der Waals surface area contributed by atoms with E-state index in [2.05, 4.69) is 52.2 Å². The summed E-state index contributed by atoms with van der Waals surface area (Å²) >= 11 is 0. The summed E-state index contributed by atoms with van der Waals surface area (Å²) in [7, 11) is 1.43. The van der Waals surface area contributed by atoms with E-state index >= 15 is 0 Å². The molecule has 194 valence electrons. The normalized spacial score (nSPS) is 14.7. The topological polar surface area (TPSA) is 84.4 Å². The predicted octanol–water partition coefficient (Wildman–Crippen LogP) is 5.16. The lowest BCUT2D eigenvalue weighted by Gasteiger charge is -2.35. The van der Waals surface area contributed by atoms with Crippen LogP contribution in [0, 0.1) is 0 Å². The molecule has 3 aromatic rings. The molecule has 0 bridgehead atoms. The number of amides is 1. The highest BCUT2D eigenvalue weighted by molar-refractivity contribution is 5.94. The lowest BCUT2D eigenvalue weighted by Crippen LogP contribution is -2.44. The van der Waals surface area contributed by atoms with Gasteiger partial charge < -0.3 is 15.0 Å². The Morgan fingerprint density at radius 1 is 1.11 bits per heavy atom. The number of carbonyl (C=O) groups excluding carboxylic acids is 2. The van der Waals surface area contributed by atoms with E-state index in [1.54, 1.807) is 12.5 Å². The van der Waals surface area contributed by atoms with Crippen molar-refractivity contribution in [2.75, 3.05) is 25.1 Å². The lowest BCUT2D eigenvalue weighted by atomic mass is 9.90. The Hall–Kier alpha value is -3.74. The number of hydrogen-bond donors (Lipinski definition) is 1. The maximum absolute atomic E-state index is 12.7. The molecule has 1 saturated heterocycles. The van der Waals surface area contributed by atoms with Crippen molar-refractivity contribution < 1.29 is 14.3 Å². The van der Waals surface area contributed by atoms with Crippen molar-refractivity contribution in [1.29, 1.82) is 0 Å². The molecular formula is C30H36N4O3. The van der Waals surface area contributed by atoms with Gasteiger partial charge in [0.2, 0.25) is 0 Å². The highest BCUT2D eigenvalue weighted by Gasteiger charge is 2.28. The molecule has 1 aromatic heterocycles. The summed E-state index contributed by atoms with van der Waals surface area (Å²) in [6.45, 7) is 5.84. The maximum atomic E-state index is 12.7. The Labute approximate surface area is 219 Å². The fourth-order valence-electron chi connectivity index (χ4n) is 5.03. The number of piperidine rings is 1. The SMILES string of the molecule is CCCC(C(=O)OC)c1cncnc1-c1ccc(CC)cc1N1CCC(NC(=O)c2ccccc2)CC1. The molecule has 37 heavy (non-hydrogen) atoms. The van der Waals surface area contributed by atoms with Gasteiger partial charge in [0.1, 0.15) is 6.33 Å². The molecule has 1 N–H and O–H groups in total. The van der Waals surface area contributed by atoms with E-state index < -0.39 is 5.92 Å². The highest BCUT2D eigenvalue weighted by atomic mass is 16.5. The first-order chi connectivity index (χ1) is 18.0. The van der Waals surface area contributed by atoms with E-state index in [0.29, 0.717) is 12.0 Å². The quantitative estimate of drug-likeness (QED) is 0.409. The van der Waals surface area contributed by atoms with Gasteiger partial charge in [0.15, 0.2) is 0 Å². The van der Waals surface area contributed by atoms with Crippen molar-refractivity contribution in [2.24, 2.45) is 0 Å². The summed E-state index contributed by atoms with van der Waals surface area (Å²) in [4.78, 5) is 36.6. The smallest absolute Gasteiger partial charge is 0.313 e. The number of aryl methyl sites for hydroxylation is 1. The third kappa shape index (κ3) is 6.16. The zero-order valence-electron chi connectivity index (χ0n) is 21.9. The average Bonchev–Trinajstić information content (AvgIpc) is 2.96. The third-order valence-electron chi connectivity index (χ3n) is 7.11. The summed E-state index contributed by atoms with van der Waals surface area (Å²) in [5, 5.41) is 3.20. The van der Waals surface area contributed by atoms with Crippen LogP contribution in [0.4, 0.5) is 5.69 Å². The van der Waals surface area contributed by atoms with Crippen LogP contribution in [0.2, 0.25) is 0 Å². The Balaban J connectivity index is 1.60. The molecule has 1 fully saturated rings. The van der Waals surface area contributed by atoms with E-state index in [9.17, 15) is 9.59 Å². The van der Waals surface area contributed by atoms with E-state index in [4.69, 9.17) is 4.74 Å². The van der Waals surface area contributed by atoms with Gasteiger partial charge in [-0.25, -0.2) is 9.97 Å². The second-order valence-electron chi connectivity index (χ2n) is 9.50. The van der Waals surface area contributed by atoms with Crippen LogP contribution in [-0.4, -0.2) is 48.1 Å². The number of nitrogens with zero attached hydrogens (tertiary/aromatic N) is 3. The van der Waals surface area contributed by atoms with Crippen LogP contribution in [-0.2, 0) is 16.0 Å². The zero-order chi connectivity index (χ0) is 26.2. The molecule has 1 amide bonds. The van der Waals surface area contributed by atoms with Gasteiger partial charge in [-0.2, -0.15) is 0 Å². The molecule has 0 aliphatic carbocycles. The van der Waals surface area contributed by atoms with Gasteiger partial charge in [0, 0.05) is 47.7 Å². The standard InChI is InChI=1S/C30H36N4O3/c1-4-9-24(30(36)37-3)26-19-31-20-32-28(26)25-13-12-21(5-2)18-27(25)34-16-14-23(15-17-34)33-29(35)22-10-7-6-8-11-22/h6-8,10-13,18-20,23-24H,4-5,9,14-17H2,1-3H3,(H,33,35). The molecular weight excluding hydrogens is 464 g/mol. The number of methoxy groups -OCH3 is 1. The van der Waals surface area contributed by atoms with Crippen molar-refractivity contribution in [3.05, 3.63) is 77.7 Å². The number of anilines is 1. The number of ether oxygens (including phenoxy) is 1. The lowest BCUT2D eigenvalue weighted by molar-refractivity contribution is -0.142. The molecule has 2 aromatic carbocycles. The Morgan fingerprint density at radius 2 is 1.86 bits per heavy atom. The predicted molar refractivity (Wildman–Crippen MR) is 146 cm³/mol. The zero-order valence-corrected chi connectivity index (χ0v) is 21.9. The number of benzene rings is 2. The molecule has 1 unspecified atom stereocenters. The van der Waals surface area contributed by atoms with Gasteiger partial charge >= 0.3 is 5.97 Å². The molecule has 1 aliphatic heterocycles. The minimum atomic E-state index is -0.413. The average molecular weight is 501 g/mol. The maximum Gasteiger partial charge on any atom is 0.313 e. The molecule has 0 saturated carbocycles. The van der Waals surface area contributed by atoms with Crippen LogP contribution in [0.3, 0.4) is 0 Å². The summed E-state index contributed by atoms with van der Waals surface area (Å²) in [5.74, 6) is -0.702. The first-order valence-corrected chi connectivity index (χ1v) is 13.2. The first kappa shape index (κ1) is 26.3. The molecule has 1 atom stereocenters. The van der Waals surface area contributed by atoms with Gasteiger partial charge in [-0.3, -0.25) is 9.59 Å².